The molecule has 0 spiro atoms. The van der Waals surface area contributed by atoms with Crippen LogP contribution in [0.5, 0.6) is 0 Å². The van der Waals surface area contributed by atoms with Crippen molar-refractivity contribution >= 4 is 21.6 Å². The van der Waals surface area contributed by atoms with E-state index in [-0.39, 0.29) is 5.82 Å². The van der Waals surface area contributed by atoms with Crippen molar-refractivity contribution in [1.29, 1.82) is 0 Å². The molecule has 0 N–H and O–H groups in total. The van der Waals surface area contributed by atoms with Gasteiger partial charge >= 0.3 is 0 Å². The highest BCUT2D eigenvalue weighted by Crippen LogP contribution is 2.23. The summed E-state index contributed by atoms with van der Waals surface area (Å²) in [6.45, 7) is 3.20. The lowest BCUT2D eigenvalue weighted by atomic mass is 10.1. The van der Waals surface area contributed by atoms with E-state index in [4.69, 9.17) is 0 Å². The SMILES string of the molecule is CN1CCC(CN(C)c2ccc(CBr)cc2F)C1. The van der Waals surface area contributed by atoms with Gasteiger partial charge < -0.3 is 9.80 Å². The number of hydrogen-bond acceptors (Lipinski definition) is 2. The molecule has 2 rings (SSSR count). The minimum atomic E-state index is -0.124. The minimum Gasteiger partial charge on any atom is -0.372 e. The van der Waals surface area contributed by atoms with E-state index in [0.29, 0.717) is 16.9 Å². The van der Waals surface area contributed by atoms with Gasteiger partial charge in [-0.1, -0.05) is 22.0 Å². The fraction of sp³-hybridized carbons (Fsp3) is 0.571. The van der Waals surface area contributed by atoms with Crippen LogP contribution in [0.1, 0.15) is 12.0 Å². The third-order valence-corrected chi connectivity index (χ3v) is 4.25. The van der Waals surface area contributed by atoms with Gasteiger partial charge in [0.25, 0.3) is 0 Å². The Morgan fingerprint density at radius 3 is 2.83 bits per heavy atom. The number of hydrogen-bond donors (Lipinski definition) is 0. The molecule has 1 aliphatic rings. The number of anilines is 1. The molecule has 0 amide bonds. The number of rotatable bonds is 4. The first-order valence-corrected chi connectivity index (χ1v) is 7.46. The number of halogens is 2. The van der Waals surface area contributed by atoms with Crippen LogP contribution in [0, 0.1) is 11.7 Å². The highest BCUT2D eigenvalue weighted by molar-refractivity contribution is 9.08. The van der Waals surface area contributed by atoms with Crippen LogP contribution in [-0.2, 0) is 5.33 Å². The molecule has 0 bridgehead atoms. The summed E-state index contributed by atoms with van der Waals surface area (Å²) in [5.41, 5.74) is 1.68. The smallest absolute Gasteiger partial charge is 0.146 e. The van der Waals surface area contributed by atoms with Crippen LogP contribution in [-0.4, -0.2) is 38.6 Å². The highest BCUT2D eigenvalue weighted by atomic mass is 79.9. The molecule has 0 aromatic heterocycles. The second kappa shape index (κ2) is 6.02. The lowest BCUT2D eigenvalue weighted by Crippen LogP contribution is -2.27. The Kier molecular flexibility index (Phi) is 4.62. The summed E-state index contributed by atoms with van der Waals surface area (Å²) in [4.78, 5) is 4.37. The summed E-state index contributed by atoms with van der Waals surface area (Å²) in [6.07, 6.45) is 1.21. The molecular formula is C14H20BrFN2. The van der Waals surface area contributed by atoms with E-state index in [1.807, 2.05) is 24.1 Å². The van der Waals surface area contributed by atoms with Crippen molar-refractivity contribution < 1.29 is 4.39 Å². The van der Waals surface area contributed by atoms with Gasteiger partial charge in [-0.05, 0) is 43.6 Å². The maximum absolute atomic E-state index is 14.0. The quantitative estimate of drug-likeness (QED) is 0.788. The molecule has 1 aromatic rings. The first kappa shape index (κ1) is 13.8. The summed E-state index contributed by atoms with van der Waals surface area (Å²) in [5.74, 6) is 0.524. The zero-order valence-electron chi connectivity index (χ0n) is 11.0. The Morgan fingerprint density at radius 1 is 1.50 bits per heavy atom. The first-order chi connectivity index (χ1) is 8.60. The molecule has 1 unspecified atom stereocenters. The van der Waals surface area contributed by atoms with E-state index in [2.05, 4.69) is 27.9 Å². The van der Waals surface area contributed by atoms with Crippen LogP contribution in [0.25, 0.3) is 0 Å². The molecule has 1 aliphatic heterocycles. The van der Waals surface area contributed by atoms with Crippen LogP contribution in [0.2, 0.25) is 0 Å². The third-order valence-electron chi connectivity index (χ3n) is 3.60. The van der Waals surface area contributed by atoms with E-state index in [0.717, 1.165) is 25.2 Å². The van der Waals surface area contributed by atoms with Gasteiger partial charge in [0.1, 0.15) is 5.82 Å². The zero-order chi connectivity index (χ0) is 13.1. The Balaban J connectivity index is 2.02. The standard InChI is InChI=1S/C14H20BrFN2/c1-17-6-5-12(9-17)10-18(2)14-4-3-11(8-15)7-13(14)16/h3-4,7,12H,5-6,8-10H2,1-2H3. The normalized spacial score (nSPS) is 20.3. The van der Waals surface area contributed by atoms with E-state index in [9.17, 15) is 4.39 Å². The van der Waals surface area contributed by atoms with Crippen LogP contribution >= 0.6 is 15.9 Å². The summed E-state index contributed by atoms with van der Waals surface area (Å²) >= 11 is 3.34. The molecule has 1 aromatic carbocycles. The lowest BCUT2D eigenvalue weighted by Gasteiger charge is -2.23. The molecule has 1 fully saturated rings. The molecule has 2 nitrogen and oxygen atoms in total. The van der Waals surface area contributed by atoms with Crippen molar-refractivity contribution in [2.45, 2.75) is 11.8 Å². The summed E-state index contributed by atoms with van der Waals surface area (Å²) in [6, 6.07) is 5.47. The first-order valence-electron chi connectivity index (χ1n) is 6.34. The summed E-state index contributed by atoms with van der Waals surface area (Å²) in [7, 11) is 4.12. The molecule has 18 heavy (non-hydrogen) atoms. The maximum Gasteiger partial charge on any atom is 0.146 e. The number of nitrogens with zero attached hydrogens (tertiary/aromatic N) is 2. The second-order valence-corrected chi connectivity index (χ2v) is 5.78. The zero-order valence-corrected chi connectivity index (χ0v) is 12.6. The fourth-order valence-corrected chi connectivity index (χ4v) is 2.95. The van der Waals surface area contributed by atoms with Gasteiger partial charge in [-0.2, -0.15) is 0 Å². The number of benzene rings is 1. The molecule has 1 heterocycles. The van der Waals surface area contributed by atoms with Gasteiger partial charge in [-0.15, -0.1) is 0 Å². The molecule has 0 saturated carbocycles. The van der Waals surface area contributed by atoms with Crippen LogP contribution in [0.4, 0.5) is 10.1 Å². The van der Waals surface area contributed by atoms with Gasteiger partial charge in [-0.25, -0.2) is 4.39 Å². The Labute approximate surface area is 117 Å². The van der Waals surface area contributed by atoms with Gasteiger partial charge in [-0.3, -0.25) is 0 Å². The van der Waals surface area contributed by atoms with Crippen molar-refractivity contribution in [3.8, 4) is 0 Å². The maximum atomic E-state index is 14.0. The van der Waals surface area contributed by atoms with Gasteiger partial charge in [0.15, 0.2) is 0 Å². The monoisotopic (exact) mass is 314 g/mol. The van der Waals surface area contributed by atoms with E-state index in [1.165, 1.54) is 6.42 Å². The Bertz CT molecular complexity index is 411. The van der Waals surface area contributed by atoms with E-state index in [1.54, 1.807) is 6.07 Å². The summed E-state index contributed by atoms with van der Waals surface area (Å²) < 4.78 is 14.0. The molecule has 4 heteroatoms. The van der Waals surface area contributed by atoms with Gasteiger partial charge in [0.2, 0.25) is 0 Å². The highest BCUT2D eigenvalue weighted by Gasteiger charge is 2.21. The van der Waals surface area contributed by atoms with Crippen LogP contribution in [0.3, 0.4) is 0 Å². The predicted octanol–water partition coefficient (Wildman–Crippen LogP) is 3.11. The molecule has 100 valence electrons. The third kappa shape index (κ3) is 3.23. The van der Waals surface area contributed by atoms with Crippen LogP contribution in [0.15, 0.2) is 18.2 Å². The van der Waals surface area contributed by atoms with Crippen LogP contribution < -0.4 is 4.90 Å². The van der Waals surface area contributed by atoms with Crippen molar-refractivity contribution in [2.75, 3.05) is 38.6 Å². The summed E-state index contributed by atoms with van der Waals surface area (Å²) in [5, 5.41) is 0.696. The lowest BCUT2D eigenvalue weighted by molar-refractivity contribution is 0.395. The molecular weight excluding hydrogens is 295 g/mol. The average Bonchev–Trinajstić information content (AvgIpc) is 2.74. The predicted molar refractivity (Wildman–Crippen MR) is 77.9 cm³/mol. The second-order valence-electron chi connectivity index (χ2n) is 5.22. The minimum absolute atomic E-state index is 0.124. The Hall–Kier alpha value is -0.610. The molecule has 0 aliphatic carbocycles. The van der Waals surface area contributed by atoms with Gasteiger partial charge in [0.05, 0.1) is 5.69 Å². The topological polar surface area (TPSA) is 6.48 Å². The number of likely N-dealkylation sites (tertiary alicyclic amines) is 1. The van der Waals surface area contributed by atoms with Crippen molar-refractivity contribution in [3.05, 3.63) is 29.6 Å². The number of alkyl halides is 1. The fourth-order valence-electron chi connectivity index (χ4n) is 2.60. The van der Waals surface area contributed by atoms with Crippen molar-refractivity contribution in [2.24, 2.45) is 5.92 Å². The largest absolute Gasteiger partial charge is 0.372 e. The van der Waals surface area contributed by atoms with Crippen molar-refractivity contribution in [3.63, 3.8) is 0 Å². The van der Waals surface area contributed by atoms with E-state index >= 15 is 0 Å². The molecule has 1 saturated heterocycles. The van der Waals surface area contributed by atoms with Crippen molar-refractivity contribution in [1.82, 2.24) is 4.90 Å². The average molecular weight is 315 g/mol. The molecule has 1 atom stereocenters. The van der Waals surface area contributed by atoms with E-state index < -0.39 is 0 Å². The Morgan fingerprint density at radius 2 is 2.28 bits per heavy atom. The molecule has 0 radical (unpaired) electrons. The van der Waals surface area contributed by atoms with Gasteiger partial charge in [0, 0.05) is 25.5 Å².